The highest BCUT2D eigenvalue weighted by atomic mass is 16.5. The number of amides is 2. The lowest BCUT2D eigenvalue weighted by atomic mass is 9.83. The molecule has 3 heterocycles. The van der Waals surface area contributed by atoms with E-state index in [1.807, 2.05) is 9.80 Å². The van der Waals surface area contributed by atoms with Crippen molar-refractivity contribution < 1.29 is 19.1 Å². The zero-order chi connectivity index (χ0) is 18.5. The molecule has 2 atom stereocenters. The third-order valence-corrected chi connectivity index (χ3v) is 5.37. The number of carbonyl (C=O) groups is 2. The lowest BCUT2D eigenvalue weighted by molar-refractivity contribution is -0.140. The normalized spacial score (nSPS) is 22.9. The Labute approximate surface area is 154 Å². The topological polar surface area (TPSA) is 72.0 Å². The Bertz CT molecular complexity index is 651. The number of hydrogen-bond donors (Lipinski definition) is 0. The van der Waals surface area contributed by atoms with Gasteiger partial charge in [-0.3, -0.25) is 9.59 Å². The van der Waals surface area contributed by atoms with Crippen molar-refractivity contribution in [3.05, 3.63) is 23.9 Å². The van der Waals surface area contributed by atoms with E-state index < -0.39 is 0 Å². The summed E-state index contributed by atoms with van der Waals surface area (Å²) < 4.78 is 10.2. The smallest absolute Gasteiger partial charge is 0.254 e. The van der Waals surface area contributed by atoms with Gasteiger partial charge in [-0.1, -0.05) is 0 Å². The summed E-state index contributed by atoms with van der Waals surface area (Å²) in [6.07, 6.45) is 4.70. The second-order valence-corrected chi connectivity index (χ2v) is 6.93. The molecule has 0 N–H and O–H groups in total. The van der Waals surface area contributed by atoms with Crippen LogP contribution in [-0.4, -0.2) is 73.1 Å². The predicted octanol–water partition coefficient (Wildman–Crippen LogP) is 1.58. The molecule has 7 nitrogen and oxygen atoms in total. The van der Waals surface area contributed by atoms with Crippen LogP contribution in [0.4, 0.5) is 0 Å². The van der Waals surface area contributed by atoms with Gasteiger partial charge < -0.3 is 19.3 Å². The van der Waals surface area contributed by atoms with Gasteiger partial charge in [0.15, 0.2) is 0 Å². The fraction of sp³-hybridized carbons (Fsp3) is 0.632. The average molecular weight is 361 g/mol. The summed E-state index contributed by atoms with van der Waals surface area (Å²) in [5.74, 6) is 1.03. The number of ether oxygens (including phenoxy) is 2. The summed E-state index contributed by atoms with van der Waals surface area (Å²) in [4.78, 5) is 33.2. The number of fused-ring (bicyclic) bond motifs is 1. The zero-order valence-corrected chi connectivity index (χ0v) is 15.5. The molecule has 26 heavy (non-hydrogen) atoms. The molecule has 142 valence electrons. The van der Waals surface area contributed by atoms with Crippen LogP contribution in [0.15, 0.2) is 18.3 Å². The van der Waals surface area contributed by atoms with Crippen LogP contribution < -0.4 is 4.74 Å². The number of likely N-dealkylation sites (tertiary alicyclic amines) is 2. The zero-order valence-electron chi connectivity index (χ0n) is 15.5. The number of rotatable bonds is 6. The molecule has 2 aliphatic heterocycles. The summed E-state index contributed by atoms with van der Waals surface area (Å²) in [7, 11) is 3.22. The summed E-state index contributed by atoms with van der Waals surface area (Å²) in [6, 6.07) is 3.64. The molecule has 0 bridgehead atoms. The molecule has 1 aromatic rings. The summed E-state index contributed by atoms with van der Waals surface area (Å²) in [5, 5.41) is 0. The Morgan fingerprint density at radius 3 is 2.96 bits per heavy atom. The second kappa shape index (κ2) is 8.49. The van der Waals surface area contributed by atoms with E-state index in [4.69, 9.17) is 9.47 Å². The molecule has 0 saturated carbocycles. The molecule has 2 aliphatic rings. The molecular formula is C19H27N3O4. The monoisotopic (exact) mass is 361 g/mol. The number of nitrogens with zero attached hydrogens (tertiary/aromatic N) is 3. The van der Waals surface area contributed by atoms with Crippen molar-refractivity contribution in [1.82, 2.24) is 14.8 Å². The maximum atomic E-state index is 12.8. The fourth-order valence-corrected chi connectivity index (χ4v) is 4.04. The summed E-state index contributed by atoms with van der Waals surface area (Å²) >= 11 is 0. The van der Waals surface area contributed by atoms with Crippen molar-refractivity contribution in [3.8, 4) is 5.88 Å². The van der Waals surface area contributed by atoms with E-state index >= 15 is 0 Å². The van der Waals surface area contributed by atoms with Gasteiger partial charge in [-0.25, -0.2) is 4.98 Å². The van der Waals surface area contributed by atoms with Gasteiger partial charge in [0, 0.05) is 63.6 Å². The van der Waals surface area contributed by atoms with E-state index in [0.29, 0.717) is 43.5 Å². The molecule has 2 saturated heterocycles. The molecule has 0 spiro atoms. The van der Waals surface area contributed by atoms with Gasteiger partial charge in [-0.05, 0) is 31.2 Å². The number of methoxy groups -OCH3 is 2. The quantitative estimate of drug-likeness (QED) is 0.720. The highest BCUT2D eigenvalue weighted by Gasteiger charge is 2.40. The van der Waals surface area contributed by atoms with Crippen LogP contribution in [0, 0.1) is 5.92 Å². The summed E-state index contributed by atoms with van der Waals surface area (Å²) in [5.41, 5.74) is 0.596. The Morgan fingerprint density at radius 2 is 2.19 bits per heavy atom. The first-order chi connectivity index (χ1) is 12.6. The minimum Gasteiger partial charge on any atom is -0.481 e. The lowest BCUT2D eigenvalue weighted by Crippen LogP contribution is -2.57. The molecule has 0 aliphatic carbocycles. The van der Waals surface area contributed by atoms with Crippen molar-refractivity contribution in [2.75, 3.05) is 40.5 Å². The van der Waals surface area contributed by atoms with Gasteiger partial charge in [-0.15, -0.1) is 0 Å². The molecular weight excluding hydrogens is 334 g/mol. The maximum Gasteiger partial charge on any atom is 0.254 e. The SMILES string of the molecule is COCCCN1C(=O)CC[C@H]2CN(C(=O)c3ccnc(OC)c3)CC[C@H]21. The van der Waals surface area contributed by atoms with E-state index in [0.717, 1.165) is 25.8 Å². The lowest BCUT2D eigenvalue weighted by Gasteiger charge is -2.47. The Kier molecular flexibility index (Phi) is 6.08. The van der Waals surface area contributed by atoms with Crippen LogP contribution in [0.1, 0.15) is 36.0 Å². The average Bonchev–Trinajstić information content (AvgIpc) is 2.69. The van der Waals surface area contributed by atoms with E-state index in [9.17, 15) is 9.59 Å². The van der Waals surface area contributed by atoms with Gasteiger partial charge in [0.1, 0.15) is 0 Å². The first-order valence-corrected chi connectivity index (χ1v) is 9.21. The standard InChI is InChI=1S/C19H27N3O4/c1-25-11-3-9-22-16-7-10-21(13-15(16)4-5-18(22)23)19(24)14-6-8-20-17(12-14)26-2/h6,8,12,15-16H,3-5,7,9-11,13H2,1-2H3/t15-,16+/m0/s1. The minimum absolute atomic E-state index is 0.00647. The molecule has 2 amide bonds. The predicted molar refractivity (Wildman–Crippen MR) is 96.0 cm³/mol. The number of piperidine rings is 2. The molecule has 0 aromatic carbocycles. The van der Waals surface area contributed by atoms with Crippen LogP contribution in [-0.2, 0) is 9.53 Å². The Balaban J connectivity index is 1.65. The molecule has 0 radical (unpaired) electrons. The first-order valence-electron chi connectivity index (χ1n) is 9.21. The first kappa shape index (κ1) is 18.6. The molecule has 7 heteroatoms. The van der Waals surface area contributed by atoms with Crippen molar-refractivity contribution in [2.45, 2.75) is 31.7 Å². The van der Waals surface area contributed by atoms with Crippen molar-refractivity contribution in [2.24, 2.45) is 5.92 Å². The fourth-order valence-electron chi connectivity index (χ4n) is 4.04. The molecule has 1 aromatic heterocycles. The van der Waals surface area contributed by atoms with Crippen molar-refractivity contribution in [1.29, 1.82) is 0 Å². The maximum absolute atomic E-state index is 12.8. The van der Waals surface area contributed by atoms with Crippen LogP contribution in [0.25, 0.3) is 0 Å². The van der Waals surface area contributed by atoms with E-state index in [-0.39, 0.29) is 17.9 Å². The third kappa shape index (κ3) is 3.98. The summed E-state index contributed by atoms with van der Waals surface area (Å²) in [6.45, 7) is 2.76. The third-order valence-electron chi connectivity index (χ3n) is 5.37. The Hall–Kier alpha value is -2.15. The van der Waals surface area contributed by atoms with Crippen LogP contribution in [0.2, 0.25) is 0 Å². The number of carbonyl (C=O) groups excluding carboxylic acids is 2. The van der Waals surface area contributed by atoms with Gasteiger partial charge in [0.2, 0.25) is 11.8 Å². The highest BCUT2D eigenvalue weighted by molar-refractivity contribution is 5.94. The van der Waals surface area contributed by atoms with E-state index in [2.05, 4.69) is 4.98 Å². The molecule has 0 unspecified atom stereocenters. The van der Waals surface area contributed by atoms with Gasteiger partial charge in [-0.2, -0.15) is 0 Å². The van der Waals surface area contributed by atoms with E-state index in [1.165, 1.54) is 0 Å². The largest absolute Gasteiger partial charge is 0.481 e. The van der Waals surface area contributed by atoms with Crippen LogP contribution >= 0.6 is 0 Å². The number of aromatic nitrogens is 1. The minimum atomic E-state index is 0.00647. The second-order valence-electron chi connectivity index (χ2n) is 6.93. The number of pyridine rings is 1. The van der Waals surface area contributed by atoms with Gasteiger partial charge in [0.05, 0.1) is 7.11 Å². The number of hydrogen-bond acceptors (Lipinski definition) is 5. The van der Waals surface area contributed by atoms with Gasteiger partial charge >= 0.3 is 0 Å². The highest BCUT2D eigenvalue weighted by Crippen LogP contribution is 2.32. The Morgan fingerprint density at radius 1 is 1.35 bits per heavy atom. The van der Waals surface area contributed by atoms with Crippen molar-refractivity contribution in [3.63, 3.8) is 0 Å². The van der Waals surface area contributed by atoms with Gasteiger partial charge in [0.25, 0.3) is 5.91 Å². The molecule has 2 fully saturated rings. The van der Waals surface area contributed by atoms with Crippen LogP contribution in [0.5, 0.6) is 5.88 Å². The van der Waals surface area contributed by atoms with Crippen molar-refractivity contribution >= 4 is 11.8 Å². The van der Waals surface area contributed by atoms with Crippen LogP contribution in [0.3, 0.4) is 0 Å². The molecule has 3 rings (SSSR count). The van der Waals surface area contributed by atoms with E-state index in [1.54, 1.807) is 32.5 Å².